The van der Waals surface area contributed by atoms with Crippen LogP contribution in [-0.4, -0.2) is 8.42 Å². The molecule has 0 saturated heterocycles. The second-order valence-corrected chi connectivity index (χ2v) is 5.78. The smallest absolute Gasteiger partial charge is 0.292 e. The third-order valence-electron chi connectivity index (χ3n) is 2.60. The van der Waals surface area contributed by atoms with Gasteiger partial charge in [-0.15, -0.1) is 10.5 Å². The van der Waals surface area contributed by atoms with Crippen LogP contribution >= 0.6 is 0 Å². The van der Waals surface area contributed by atoms with Crippen LogP contribution in [0.4, 0.5) is 0 Å². The summed E-state index contributed by atoms with van der Waals surface area (Å²) in [6.07, 6.45) is 3.00. The van der Waals surface area contributed by atoms with Gasteiger partial charge in [-0.1, -0.05) is 0 Å². The molecule has 0 radical (unpaired) electrons. The van der Waals surface area contributed by atoms with Crippen molar-refractivity contribution in [1.82, 2.24) is 0 Å². The Balaban J connectivity index is 2.33. The summed E-state index contributed by atoms with van der Waals surface area (Å²) in [7, 11) is -3.68. The summed E-state index contributed by atoms with van der Waals surface area (Å²) in [5, 5.41) is 16.7. The van der Waals surface area contributed by atoms with Crippen molar-refractivity contribution in [2.75, 3.05) is 0 Å². The lowest BCUT2D eigenvalue weighted by Crippen LogP contribution is -2.01. The van der Waals surface area contributed by atoms with Gasteiger partial charge in [0.2, 0.25) is 9.84 Å². The van der Waals surface area contributed by atoms with Crippen molar-refractivity contribution < 1.29 is 17.9 Å². The van der Waals surface area contributed by atoms with E-state index in [9.17, 15) is 8.42 Å². The van der Waals surface area contributed by atoms with Gasteiger partial charge < -0.3 is 9.47 Å². The summed E-state index contributed by atoms with van der Waals surface area (Å²) in [6, 6.07) is 11.0. The van der Waals surface area contributed by atoms with Crippen LogP contribution in [0.5, 0.6) is 11.5 Å². The molecule has 0 atom stereocenters. The van der Waals surface area contributed by atoms with Crippen molar-refractivity contribution in [2.24, 2.45) is 0 Å². The Morgan fingerprint density at radius 1 is 0.714 bits per heavy atom. The Labute approximate surface area is 121 Å². The normalized spacial score (nSPS) is 10.2. The van der Waals surface area contributed by atoms with E-state index >= 15 is 0 Å². The highest BCUT2D eigenvalue weighted by atomic mass is 32.2. The van der Waals surface area contributed by atoms with Crippen LogP contribution in [0.25, 0.3) is 0 Å². The van der Waals surface area contributed by atoms with Crippen LogP contribution < -0.4 is 9.47 Å². The monoisotopic (exact) mass is 300 g/mol. The van der Waals surface area contributed by atoms with E-state index in [1.807, 2.05) is 0 Å². The highest BCUT2D eigenvalue weighted by molar-refractivity contribution is 7.91. The lowest BCUT2D eigenvalue weighted by atomic mass is 10.3. The highest BCUT2D eigenvalue weighted by Crippen LogP contribution is 2.24. The molecule has 0 spiro atoms. The van der Waals surface area contributed by atoms with Gasteiger partial charge in [0, 0.05) is 0 Å². The van der Waals surface area contributed by atoms with Crippen LogP contribution in [0.1, 0.15) is 0 Å². The zero-order chi connectivity index (χ0) is 15.3. The predicted molar refractivity (Wildman–Crippen MR) is 70.8 cm³/mol. The van der Waals surface area contributed by atoms with E-state index in [1.165, 1.54) is 61.0 Å². The molecule has 0 aliphatic heterocycles. The van der Waals surface area contributed by atoms with Gasteiger partial charge in [0.1, 0.15) is 11.5 Å². The summed E-state index contributed by atoms with van der Waals surface area (Å²) >= 11 is 0. The molecule has 0 aliphatic carbocycles. The minimum Gasteiger partial charge on any atom is -0.388 e. The predicted octanol–water partition coefficient (Wildman–Crippen LogP) is 2.24. The third-order valence-corrected chi connectivity index (χ3v) is 4.38. The van der Waals surface area contributed by atoms with Gasteiger partial charge in [-0.25, -0.2) is 8.42 Å². The summed E-state index contributed by atoms with van der Waals surface area (Å²) < 4.78 is 33.9. The largest absolute Gasteiger partial charge is 0.388 e. The first-order valence-electron chi connectivity index (χ1n) is 5.65. The molecule has 2 rings (SSSR count). The van der Waals surface area contributed by atoms with Crippen molar-refractivity contribution in [1.29, 1.82) is 10.5 Å². The molecule has 6 nitrogen and oxygen atoms in total. The molecule has 0 fully saturated rings. The molecule has 0 bridgehead atoms. The van der Waals surface area contributed by atoms with Gasteiger partial charge in [0.25, 0.3) is 12.5 Å². The van der Waals surface area contributed by atoms with Gasteiger partial charge >= 0.3 is 0 Å². The van der Waals surface area contributed by atoms with E-state index in [2.05, 4.69) is 9.47 Å². The molecule has 0 aliphatic rings. The number of ether oxygens (including phenoxy) is 2. The van der Waals surface area contributed by atoms with Crippen LogP contribution in [0.15, 0.2) is 58.3 Å². The fourth-order valence-corrected chi connectivity index (χ4v) is 2.88. The standard InChI is InChI=1S/C14H8N2O4S/c15-9-19-11-1-5-13(6-2-11)21(17,18)14-7-3-12(4-8-14)20-10-16/h1-8H. The molecule has 0 amide bonds. The van der Waals surface area contributed by atoms with Crippen molar-refractivity contribution in [2.45, 2.75) is 9.79 Å². The summed E-state index contributed by atoms with van der Waals surface area (Å²) in [5.41, 5.74) is 0. The molecule has 104 valence electrons. The molecular formula is C14H8N2O4S. The van der Waals surface area contributed by atoms with Gasteiger partial charge in [-0.3, -0.25) is 0 Å². The number of hydrogen-bond acceptors (Lipinski definition) is 6. The Morgan fingerprint density at radius 3 is 1.33 bits per heavy atom. The lowest BCUT2D eigenvalue weighted by Gasteiger charge is -2.05. The Kier molecular flexibility index (Phi) is 4.07. The molecule has 0 heterocycles. The van der Waals surface area contributed by atoms with Gasteiger partial charge in [0.15, 0.2) is 0 Å². The lowest BCUT2D eigenvalue weighted by molar-refractivity contribution is 0.506. The summed E-state index contributed by atoms with van der Waals surface area (Å²) in [6.45, 7) is 0. The molecule has 21 heavy (non-hydrogen) atoms. The zero-order valence-electron chi connectivity index (χ0n) is 10.6. The minimum absolute atomic E-state index is 0.0711. The van der Waals surface area contributed by atoms with E-state index in [4.69, 9.17) is 10.5 Å². The molecule has 7 heteroatoms. The molecule has 0 N–H and O–H groups in total. The van der Waals surface area contributed by atoms with Gasteiger partial charge in [0.05, 0.1) is 9.79 Å². The van der Waals surface area contributed by atoms with Gasteiger partial charge in [-0.2, -0.15) is 0 Å². The third kappa shape index (κ3) is 3.11. The second kappa shape index (κ2) is 5.95. The average Bonchev–Trinajstić information content (AvgIpc) is 2.49. The van der Waals surface area contributed by atoms with Crippen LogP contribution in [0, 0.1) is 23.0 Å². The van der Waals surface area contributed by atoms with Crippen LogP contribution in [0.3, 0.4) is 0 Å². The average molecular weight is 300 g/mol. The molecule has 2 aromatic rings. The minimum atomic E-state index is -3.68. The van der Waals surface area contributed by atoms with Crippen LogP contribution in [-0.2, 0) is 9.84 Å². The Morgan fingerprint density at radius 2 is 1.05 bits per heavy atom. The number of nitriles is 2. The van der Waals surface area contributed by atoms with E-state index in [0.717, 1.165) is 0 Å². The number of nitrogens with zero attached hydrogens (tertiary/aromatic N) is 2. The first-order chi connectivity index (χ1) is 10.1. The second-order valence-electron chi connectivity index (χ2n) is 3.83. The van der Waals surface area contributed by atoms with E-state index in [-0.39, 0.29) is 21.3 Å². The molecule has 0 aromatic heterocycles. The Hall–Kier alpha value is -3.03. The molecular weight excluding hydrogens is 292 g/mol. The van der Waals surface area contributed by atoms with Crippen molar-refractivity contribution >= 4 is 9.84 Å². The maximum atomic E-state index is 12.4. The number of sulfone groups is 1. The summed E-state index contributed by atoms with van der Waals surface area (Å²) in [5.74, 6) is 0.517. The number of rotatable bonds is 4. The van der Waals surface area contributed by atoms with E-state index in [0.29, 0.717) is 0 Å². The maximum absolute atomic E-state index is 12.4. The van der Waals surface area contributed by atoms with E-state index in [1.54, 1.807) is 0 Å². The number of hydrogen-bond donors (Lipinski definition) is 0. The quantitative estimate of drug-likeness (QED) is 0.803. The van der Waals surface area contributed by atoms with Crippen molar-refractivity contribution in [3.8, 4) is 24.0 Å². The molecule has 0 saturated carbocycles. The van der Waals surface area contributed by atoms with Gasteiger partial charge in [-0.05, 0) is 48.5 Å². The van der Waals surface area contributed by atoms with Crippen molar-refractivity contribution in [3.63, 3.8) is 0 Å². The molecule has 0 unspecified atom stereocenters. The van der Waals surface area contributed by atoms with E-state index < -0.39 is 9.84 Å². The molecule has 2 aromatic carbocycles. The first kappa shape index (κ1) is 14.4. The maximum Gasteiger partial charge on any atom is 0.292 e. The fourth-order valence-electron chi connectivity index (χ4n) is 1.62. The highest BCUT2D eigenvalue weighted by Gasteiger charge is 2.17. The zero-order valence-corrected chi connectivity index (χ0v) is 11.4. The van der Waals surface area contributed by atoms with Crippen LogP contribution in [0.2, 0.25) is 0 Å². The Bertz CT molecular complexity index is 748. The number of benzene rings is 2. The topological polar surface area (TPSA) is 100 Å². The first-order valence-corrected chi connectivity index (χ1v) is 7.13. The van der Waals surface area contributed by atoms with Crippen molar-refractivity contribution in [3.05, 3.63) is 48.5 Å². The fraction of sp³-hybridized carbons (Fsp3) is 0. The summed E-state index contributed by atoms with van der Waals surface area (Å²) in [4.78, 5) is 0.142. The SMILES string of the molecule is N#COc1ccc(S(=O)(=O)c2ccc(OC#N)cc2)cc1.